The Bertz CT molecular complexity index is 201. The van der Waals surface area contributed by atoms with Gasteiger partial charge in [-0.25, -0.2) is 4.39 Å². The summed E-state index contributed by atoms with van der Waals surface area (Å²) in [7, 11) is 0. The quantitative estimate of drug-likeness (QED) is 0.708. The summed E-state index contributed by atoms with van der Waals surface area (Å²) >= 11 is 0. The zero-order valence-electron chi connectivity index (χ0n) is 8.98. The smallest absolute Gasteiger partial charge is 0.109 e. The van der Waals surface area contributed by atoms with Crippen molar-refractivity contribution in [1.82, 2.24) is 5.32 Å². The SMILES string of the molecule is CC1(F)CC(CN)(C2CCNCC2)C1. The molecule has 0 aromatic carbocycles. The Balaban J connectivity index is 1.99. The van der Waals surface area contributed by atoms with Gasteiger partial charge in [0.1, 0.15) is 5.67 Å². The lowest BCUT2D eigenvalue weighted by molar-refractivity contribution is -0.0925. The third kappa shape index (κ3) is 1.68. The molecule has 1 aliphatic heterocycles. The zero-order chi connectivity index (χ0) is 10.2. The van der Waals surface area contributed by atoms with Gasteiger partial charge in [0.15, 0.2) is 0 Å². The number of nitrogens with two attached hydrogens (primary N) is 1. The van der Waals surface area contributed by atoms with E-state index in [1.165, 1.54) is 12.8 Å². The third-order valence-corrected chi connectivity index (χ3v) is 4.05. The lowest BCUT2D eigenvalue weighted by atomic mass is 9.53. The molecule has 3 heteroatoms. The summed E-state index contributed by atoms with van der Waals surface area (Å²) < 4.78 is 13.6. The number of nitrogens with one attached hydrogen (secondary N) is 1. The van der Waals surface area contributed by atoms with Crippen LogP contribution >= 0.6 is 0 Å². The average molecular weight is 200 g/mol. The third-order valence-electron chi connectivity index (χ3n) is 4.05. The van der Waals surface area contributed by atoms with Crippen LogP contribution in [0.4, 0.5) is 4.39 Å². The largest absolute Gasteiger partial charge is 0.330 e. The van der Waals surface area contributed by atoms with Crippen molar-refractivity contribution in [3.63, 3.8) is 0 Å². The molecule has 3 N–H and O–H groups in total. The minimum atomic E-state index is -0.940. The van der Waals surface area contributed by atoms with E-state index in [2.05, 4.69) is 5.32 Å². The van der Waals surface area contributed by atoms with E-state index in [0.29, 0.717) is 25.3 Å². The van der Waals surface area contributed by atoms with Gasteiger partial charge in [0.2, 0.25) is 0 Å². The molecule has 2 fully saturated rings. The first-order valence-electron chi connectivity index (χ1n) is 5.68. The number of hydrogen-bond acceptors (Lipinski definition) is 2. The van der Waals surface area contributed by atoms with Gasteiger partial charge in [-0.05, 0) is 63.6 Å². The molecule has 14 heavy (non-hydrogen) atoms. The lowest BCUT2D eigenvalue weighted by Crippen LogP contribution is -2.56. The van der Waals surface area contributed by atoms with Crippen molar-refractivity contribution in [3.05, 3.63) is 0 Å². The maximum Gasteiger partial charge on any atom is 0.109 e. The fraction of sp³-hybridized carbons (Fsp3) is 1.00. The van der Waals surface area contributed by atoms with Crippen molar-refractivity contribution in [2.24, 2.45) is 17.1 Å². The Labute approximate surface area is 85.4 Å². The predicted molar refractivity (Wildman–Crippen MR) is 55.8 cm³/mol. The summed E-state index contributed by atoms with van der Waals surface area (Å²) in [5, 5.41) is 3.35. The van der Waals surface area contributed by atoms with Gasteiger partial charge in [-0.2, -0.15) is 0 Å². The highest BCUT2D eigenvalue weighted by atomic mass is 19.1. The van der Waals surface area contributed by atoms with Gasteiger partial charge in [-0.1, -0.05) is 0 Å². The van der Waals surface area contributed by atoms with Crippen LogP contribution in [0.5, 0.6) is 0 Å². The van der Waals surface area contributed by atoms with Crippen molar-refractivity contribution in [2.75, 3.05) is 19.6 Å². The Morgan fingerprint density at radius 2 is 1.93 bits per heavy atom. The van der Waals surface area contributed by atoms with E-state index in [4.69, 9.17) is 5.73 Å². The molecular weight excluding hydrogens is 179 g/mol. The minimum Gasteiger partial charge on any atom is -0.330 e. The van der Waals surface area contributed by atoms with E-state index in [0.717, 1.165) is 13.1 Å². The normalized spacial score (nSPS) is 44.8. The van der Waals surface area contributed by atoms with Crippen molar-refractivity contribution in [3.8, 4) is 0 Å². The summed E-state index contributed by atoms with van der Waals surface area (Å²) in [4.78, 5) is 0. The van der Waals surface area contributed by atoms with Crippen LogP contribution in [-0.4, -0.2) is 25.3 Å². The highest BCUT2D eigenvalue weighted by Crippen LogP contribution is 2.56. The molecule has 0 unspecified atom stereocenters. The maximum atomic E-state index is 13.6. The second-order valence-corrected chi connectivity index (χ2v) is 5.36. The summed E-state index contributed by atoms with van der Waals surface area (Å²) in [5.74, 6) is 0.651. The number of piperidine rings is 1. The van der Waals surface area contributed by atoms with Gasteiger partial charge in [-0.3, -0.25) is 0 Å². The van der Waals surface area contributed by atoms with Gasteiger partial charge in [-0.15, -0.1) is 0 Å². The highest BCUT2D eigenvalue weighted by Gasteiger charge is 2.55. The van der Waals surface area contributed by atoms with Crippen molar-refractivity contribution < 1.29 is 4.39 Å². The minimum absolute atomic E-state index is 0.131. The van der Waals surface area contributed by atoms with Crippen LogP contribution in [0.2, 0.25) is 0 Å². The van der Waals surface area contributed by atoms with Crippen LogP contribution in [0, 0.1) is 11.3 Å². The fourth-order valence-electron chi connectivity index (χ4n) is 3.45. The molecule has 0 radical (unpaired) electrons. The molecule has 0 spiro atoms. The second kappa shape index (κ2) is 3.46. The first-order chi connectivity index (χ1) is 6.58. The molecule has 1 saturated heterocycles. The van der Waals surface area contributed by atoms with Gasteiger partial charge in [0.25, 0.3) is 0 Å². The molecule has 2 nitrogen and oxygen atoms in total. The molecule has 82 valence electrons. The molecule has 0 atom stereocenters. The van der Waals surface area contributed by atoms with E-state index in [1.807, 2.05) is 0 Å². The molecule has 1 heterocycles. The fourth-order valence-corrected chi connectivity index (χ4v) is 3.45. The molecule has 0 aromatic rings. The Morgan fingerprint density at radius 3 is 2.36 bits per heavy atom. The van der Waals surface area contributed by atoms with Gasteiger partial charge in [0, 0.05) is 0 Å². The standard InChI is InChI=1S/C11H21FN2/c1-10(12)6-11(7-10,8-13)9-2-4-14-5-3-9/h9,14H,2-8,13H2,1H3. The molecule has 1 saturated carbocycles. The lowest BCUT2D eigenvalue weighted by Gasteiger charge is -2.55. The van der Waals surface area contributed by atoms with Crippen LogP contribution in [0.25, 0.3) is 0 Å². The molecule has 0 aromatic heterocycles. The van der Waals surface area contributed by atoms with Crippen molar-refractivity contribution in [1.29, 1.82) is 0 Å². The average Bonchev–Trinajstić information content (AvgIpc) is 2.15. The van der Waals surface area contributed by atoms with Gasteiger partial charge >= 0.3 is 0 Å². The van der Waals surface area contributed by atoms with Crippen LogP contribution in [0.15, 0.2) is 0 Å². The second-order valence-electron chi connectivity index (χ2n) is 5.36. The maximum absolute atomic E-state index is 13.6. The van der Waals surface area contributed by atoms with Gasteiger partial charge in [0.05, 0.1) is 0 Å². The zero-order valence-corrected chi connectivity index (χ0v) is 8.98. The number of halogens is 1. The molecule has 1 aliphatic carbocycles. The van der Waals surface area contributed by atoms with Crippen LogP contribution in [0.3, 0.4) is 0 Å². The topological polar surface area (TPSA) is 38.0 Å². The highest BCUT2D eigenvalue weighted by molar-refractivity contribution is 5.06. The summed E-state index contributed by atoms with van der Waals surface area (Å²) in [5.41, 5.74) is 5.02. The Morgan fingerprint density at radius 1 is 1.36 bits per heavy atom. The summed E-state index contributed by atoms with van der Waals surface area (Å²) in [6.45, 7) is 4.53. The Kier molecular flexibility index (Phi) is 2.56. The summed E-state index contributed by atoms with van der Waals surface area (Å²) in [6.07, 6.45) is 3.71. The molecule has 2 aliphatic rings. The molecular formula is C11H21FN2. The van der Waals surface area contributed by atoms with E-state index >= 15 is 0 Å². The van der Waals surface area contributed by atoms with Crippen LogP contribution < -0.4 is 11.1 Å². The molecule has 0 amide bonds. The van der Waals surface area contributed by atoms with Crippen molar-refractivity contribution >= 4 is 0 Å². The monoisotopic (exact) mass is 200 g/mol. The van der Waals surface area contributed by atoms with Crippen LogP contribution in [0.1, 0.15) is 32.6 Å². The van der Waals surface area contributed by atoms with Gasteiger partial charge < -0.3 is 11.1 Å². The Hall–Kier alpha value is -0.150. The van der Waals surface area contributed by atoms with E-state index < -0.39 is 5.67 Å². The molecule has 0 bridgehead atoms. The van der Waals surface area contributed by atoms with Crippen LogP contribution in [-0.2, 0) is 0 Å². The number of hydrogen-bond donors (Lipinski definition) is 2. The van der Waals surface area contributed by atoms with E-state index in [1.54, 1.807) is 6.92 Å². The summed E-state index contributed by atoms with van der Waals surface area (Å²) in [6, 6.07) is 0. The van der Waals surface area contributed by atoms with E-state index in [-0.39, 0.29) is 5.41 Å². The first kappa shape index (κ1) is 10.4. The molecule has 2 rings (SSSR count). The predicted octanol–water partition coefficient (Wildman–Crippen LogP) is 1.45. The van der Waals surface area contributed by atoms with Crippen molar-refractivity contribution in [2.45, 2.75) is 38.3 Å². The number of alkyl halides is 1. The number of rotatable bonds is 2. The first-order valence-corrected chi connectivity index (χ1v) is 5.68. The van der Waals surface area contributed by atoms with E-state index in [9.17, 15) is 4.39 Å².